The summed E-state index contributed by atoms with van der Waals surface area (Å²) in [7, 11) is 1.87. The van der Waals surface area contributed by atoms with E-state index in [-0.39, 0.29) is 0 Å². The first-order valence-electron chi connectivity index (χ1n) is 17.1. The molecule has 0 aliphatic carbocycles. The average molecular weight is 708 g/mol. The lowest BCUT2D eigenvalue weighted by molar-refractivity contribution is 0.0487. The molecule has 0 aliphatic rings. The summed E-state index contributed by atoms with van der Waals surface area (Å²) >= 11 is 0. The van der Waals surface area contributed by atoms with Crippen LogP contribution < -0.4 is 0 Å². The van der Waals surface area contributed by atoms with E-state index in [4.69, 9.17) is 0 Å². The van der Waals surface area contributed by atoms with Crippen molar-refractivity contribution in [2.75, 3.05) is 7.05 Å². The highest BCUT2D eigenvalue weighted by Crippen LogP contribution is 2.39. The Hall–Kier alpha value is -4.64. The fraction of sp³-hybridized carbons (Fsp3) is 0.349. The fourth-order valence-electron chi connectivity index (χ4n) is 6.22. The number of benzene rings is 4. The lowest BCUT2D eigenvalue weighted by atomic mass is 9.86. The number of ketones is 4. The second-order valence-electron chi connectivity index (χ2n) is 15.5. The van der Waals surface area contributed by atoms with E-state index < -0.39 is 57.6 Å². The van der Waals surface area contributed by atoms with Gasteiger partial charge in [-0.2, -0.15) is 0 Å². The van der Waals surface area contributed by atoms with Gasteiger partial charge in [0.15, 0.2) is 23.1 Å². The van der Waals surface area contributed by atoms with Crippen molar-refractivity contribution in [1.29, 1.82) is 0 Å². The summed E-state index contributed by atoms with van der Waals surface area (Å²) in [6.07, 6.45) is 0. The smallest absolute Gasteiger partial charge is 0.193 e. The molecule has 52 heavy (non-hydrogen) atoms. The lowest BCUT2D eigenvalue weighted by Crippen LogP contribution is -2.34. The molecule has 4 aromatic carbocycles. The molecule has 4 rings (SSSR count). The minimum atomic E-state index is -1.63. The zero-order valence-electron chi connectivity index (χ0n) is 31.3. The van der Waals surface area contributed by atoms with E-state index in [1.54, 1.807) is 84.9 Å². The minimum Gasteiger partial charge on any atom is -0.382 e. The van der Waals surface area contributed by atoms with Crippen LogP contribution in [0.5, 0.6) is 0 Å². The maximum Gasteiger partial charge on any atom is 0.193 e. The topological polar surface area (TPSA) is 152 Å². The highest BCUT2D eigenvalue weighted by atomic mass is 16.3. The molecule has 0 aromatic heterocycles. The number of Topliss-reactive ketones (excluding diaryl/α,β-unsaturated/α-hetero) is 4. The number of carbonyl (C=O) groups is 4. The normalized spacial score (nSPS) is 13.8. The largest absolute Gasteiger partial charge is 0.382 e. The van der Waals surface area contributed by atoms with Crippen LogP contribution in [0.4, 0.5) is 0 Å². The molecule has 0 heterocycles. The predicted molar refractivity (Wildman–Crippen MR) is 200 cm³/mol. The number of carbonyl (C=O) groups excluding carboxylic acids is 4. The summed E-state index contributed by atoms with van der Waals surface area (Å²) in [5, 5.41) is 41.9. The van der Waals surface area contributed by atoms with Gasteiger partial charge in [-0.15, -0.1) is 0 Å². The van der Waals surface area contributed by atoms with E-state index in [0.717, 1.165) is 11.1 Å². The SMILES string of the molecule is CN(C(c1ccc(C(=O)C(C)(C)O)cc1)c1cccc(C(=O)C(C)(C)O)c1)C(c1ccc(C(=O)C(C)(C)O)cc1)c1cccc(C(=O)C(C)(C)O)c1. The molecule has 2 atom stereocenters. The molecule has 9 heteroatoms. The summed E-state index contributed by atoms with van der Waals surface area (Å²) in [5.41, 5.74) is -2.40. The lowest BCUT2D eigenvalue weighted by Gasteiger charge is -2.37. The van der Waals surface area contributed by atoms with Crippen molar-refractivity contribution in [3.05, 3.63) is 142 Å². The summed E-state index contributed by atoms with van der Waals surface area (Å²) in [6.45, 7) is 11.4. The zero-order chi connectivity index (χ0) is 39.0. The standard InChI is InChI=1S/C43H49NO8/c1-40(2,49)36(45)28-20-16-26(17-21-28)34(30-12-10-14-32(24-30)38(47)42(5,6)51)44(9)35(27-18-22-29(23-19-27)37(46)41(3,4)50)31-13-11-15-33(25-31)39(48)43(7,8)52/h10-25,34-35,49-52H,1-9H3. The van der Waals surface area contributed by atoms with E-state index in [0.29, 0.717) is 33.4 Å². The average Bonchev–Trinajstić information content (AvgIpc) is 3.06. The van der Waals surface area contributed by atoms with Crippen LogP contribution in [0.15, 0.2) is 97.1 Å². The molecular formula is C43H49NO8. The molecular weight excluding hydrogens is 658 g/mol. The third kappa shape index (κ3) is 9.04. The second-order valence-corrected chi connectivity index (χ2v) is 15.5. The van der Waals surface area contributed by atoms with Crippen molar-refractivity contribution in [3.63, 3.8) is 0 Å². The Morgan fingerprint density at radius 1 is 0.423 bits per heavy atom. The van der Waals surface area contributed by atoms with E-state index in [2.05, 4.69) is 0 Å². The van der Waals surface area contributed by atoms with Crippen LogP contribution in [-0.2, 0) is 0 Å². The van der Waals surface area contributed by atoms with Gasteiger partial charge in [-0.05, 0) is 96.8 Å². The van der Waals surface area contributed by atoms with E-state index in [9.17, 15) is 39.6 Å². The van der Waals surface area contributed by atoms with Gasteiger partial charge in [0.25, 0.3) is 0 Å². The monoisotopic (exact) mass is 707 g/mol. The first-order valence-corrected chi connectivity index (χ1v) is 17.1. The molecule has 0 spiro atoms. The van der Waals surface area contributed by atoms with Crippen LogP contribution in [-0.4, -0.2) is 77.9 Å². The van der Waals surface area contributed by atoms with Gasteiger partial charge < -0.3 is 20.4 Å². The van der Waals surface area contributed by atoms with Gasteiger partial charge in [0.05, 0.1) is 12.1 Å². The molecule has 9 nitrogen and oxygen atoms in total. The van der Waals surface area contributed by atoms with Gasteiger partial charge in [-0.3, -0.25) is 24.1 Å². The van der Waals surface area contributed by atoms with Crippen molar-refractivity contribution >= 4 is 23.1 Å². The van der Waals surface area contributed by atoms with Gasteiger partial charge >= 0.3 is 0 Å². The molecule has 0 saturated carbocycles. The van der Waals surface area contributed by atoms with Crippen molar-refractivity contribution in [2.45, 2.75) is 89.9 Å². The Bertz CT molecular complexity index is 1810. The maximum absolute atomic E-state index is 13.3. The summed E-state index contributed by atoms with van der Waals surface area (Å²) in [4.78, 5) is 54.4. The van der Waals surface area contributed by atoms with Crippen molar-refractivity contribution in [3.8, 4) is 0 Å². The van der Waals surface area contributed by atoms with Gasteiger partial charge in [-0.25, -0.2) is 0 Å². The Morgan fingerprint density at radius 2 is 0.692 bits per heavy atom. The molecule has 4 N–H and O–H groups in total. The molecule has 274 valence electrons. The molecule has 0 bridgehead atoms. The van der Waals surface area contributed by atoms with Gasteiger partial charge in [0.2, 0.25) is 0 Å². The number of rotatable bonds is 14. The molecule has 0 radical (unpaired) electrons. The molecule has 4 aromatic rings. The molecule has 0 fully saturated rings. The Labute approximate surface area is 305 Å². The van der Waals surface area contributed by atoms with Gasteiger partial charge in [0.1, 0.15) is 22.4 Å². The zero-order valence-corrected chi connectivity index (χ0v) is 31.3. The summed E-state index contributed by atoms with van der Waals surface area (Å²) in [5.74, 6) is -1.84. The second kappa shape index (κ2) is 14.8. The van der Waals surface area contributed by atoms with E-state index >= 15 is 0 Å². The number of hydrogen-bond donors (Lipinski definition) is 4. The maximum atomic E-state index is 13.3. The van der Waals surface area contributed by atoms with Gasteiger partial charge in [-0.1, -0.05) is 84.9 Å². The number of aliphatic hydroxyl groups is 4. The van der Waals surface area contributed by atoms with Crippen LogP contribution in [0, 0.1) is 0 Å². The predicted octanol–water partition coefficient (Wildman–Crippen LogP) is 6.31. The number of nitrogens with zero attached hydrogens (tertiary/aromatic N) is 1. The highest BCUT2D eigenvalue weighted by molar-refractivity contribution is 6.03. The van der Waals surface area contributed by atoms with Crippen molar-refractivity contribution in [2.24, 2.45) is 0 Å². The molecule has 2 unspecified atom stereocenters. The Morgan fingerprint density at radius 3 is 0.962 bits per heavy atom. The Balaban J connectivity index is 1.98. The van der Waals surface area contributed by atoms with Crippen molar-refractivity contribution < 1.29 is 39.6 Å². The first kappa shape index (κ1) is 40.1. The number of hydrogen-bond acceptors (Lipinski definition) is 9. The van der Waals surface area contributed by atoms with Crippen LogP contribution in [0.25, 0.3) is 0 Å². The van der Waals surface area contributed by atoms with Gasteiger partial charge in [0, 0.05) is 22.3 Å². The minimum absolute atomic E-state index is 0.293. The van der Waals surface area contributed by atoms with Crippen LogP contribution >= 0.6 is 0 Å². The summed E-state index contributed by atoms with van der Waals surface area (Å²) in [6, 6.07) is 26.3. The highest BCUT2D eigenvalue weighted by Gasteiger charge is 2.33. The third-order valence-corrected chi connectivity index (χ3v) is 8.94. The quantitative estimate of drug-likeness (QED) is 0.111. The molecule has 0 aliphatic heterocycles. The summed E-state index contributed by atoms with van der Waals surface area (Å²) < 4.78 is 0. The van der Waals surface area contributed by atoms with Crippen LogP contribution in [0.2, 0.25) is 0 Å². The van der Waals surface area contributed by atoms with Crippen molar-refractivity contribution in [1.82, 2.24) is 4.90 Å². The molecule has 0 amide bonds. The van der Waals surface area contributed by atoms with E-state index in [1.165, 1.54) is 55.4 Å². The fourth-order valence-corrected chi connectivity index (χ4v) is 6.22. The van der Waals surface area contributed by atoms with Crippen LogP contribution in [0.3, 0.4) is 0 Å². The Kier molecular flexibility index (Phi) is 11.4. The first-order chi connectivity index (χ1) is 23.9. The third-order valence-electron chi connectivity index (χ3n) is 8.94. The van der Waals surface area contributed by atoms with E-state index in [1.807, 2.05) is 24.1 Å². The van der Waals surface area contributed by atoms with Crippen LogP contribution in [0.1, 0.15) is 131 Å². The molecule has 0 saturated heterocycles.